The van der Waals surface area contributed by atoms with Gasteiger partial charge < -0.3 is 4.90 Å². The first-order chi connectivity index (χ1) is 9.58. The van der Waals surface area contributed by atoms with Crippen LogP contribution in [0.5, 0.6) is 0 Å². The average molecular weight is 280 g/mol. The van der Waals surface area contributed by atoms with Crippen molar-refractivity contribution in [3.05, 3.63) is 60.2 Å². The number of carbonyl (C=O) groups excluding carboxylic acids is 1. The van der Waals surface area contributed by atoms with E-state index < -0.39 is 24.7 Å². The van der Waals surface area contributed by atoms with Crippen molar-refractivity contribution in [2.75, 3.05) is 11.4 Å². The summed E-state index contributed by atoms with van der Waals surface area (Å²) >= 11 is 0. The average Bonchev–Trinajstić information content (AvgIpc) is 2.46. The number of nitrogens with zero attached hydrogens (tertiary/aromatic N) is 2. The molecule has 2 aromatic rings. The zero-order valence-corrected chi connectivity index (χ0v) is 10.3. The number of aromatic nitrogens is 1. The van der Waals surface area contributed by atoms with Crippen LogP contribution in [0.1, 0.15) is 10.5 Å². The molecule has 0 saturated heterocycles. The highest BCUT2D eigenvalue weighted by molar-refractivity contribution is 6.04. The molecular formula is C14H11F3N2O. The molecule has 20 heavy (non-hydrogen) atoms. The summed E-state index contributed by atoms with van der Waals surface area (Å²) in [6, 6.07) is 9.41. The zero-order chi connectivity index (χ0) is 14.5. The second-order valence-corrected chi connectivity index (χ2v) is 4.00. The van der Waals surface area contributed by atoms with Crippen molar-refractivity contribution < 1.29 is 18.0 Å². The second kappa shape index (κ2) is 6.18. The normalized spacial score (nSPS) is 10.6. The molecule has 0 atom stereocenters. The van der Waals surface area contributed by atoms with Crippen molar-refractivity contribution in [1.82, 2.24) is 4.98 Å². The fourth-order valence-corrected chi connectivity index (χ4v) is 1.69. The standard InChI is InChI=1S/C14H11F3N2O/c15-10-4-6-11(7-5-10)19(9-13(16)17)14(20)12-3-1-2-8-18-12/h1-8,13H,9H2. The predicted octanol–water partition coefficient (Wildman–Crippen LogP) is 3.13. The first-order valence-corrected chi connectivity index (χ1v) is 5.84. The van der Waals surface area contributed by atoms with Crippen molar-refractivity contribution in [2.45, 2.75) is 6.43 Å². The van der Waals surface area contributed by atoms with Crippen LogP contribution < -0.4 is 4.90 Å². The molecule has 0 unspecified atom stereocenters. The molecule has 0 spiro atoms. The Kier molecular flexibility index (Phi) is 4.34. The Hall–Kier alpha value is -2.37. The minimum absolute atomic E-state index is 0.0532. The maximum absolute atomic E-state index is 12.9. The zero-order valence-electron chi connectivity index (χ0n) is 10.3. The first-order valence-electron chi connectivity index (χ1n) is 5.84. The van der Waals surface area contributed by atoms with Gasteiger partial charge in [-0.1, -0.05) is 6.07 Å². The highest BCUT2D eigenvalue weighted by Crippen LogP contribution is 2.18. The molecule has 0 aliphatic rings. The highest BCUT2D eigenvalue weighted by Gasteiger charge is 2.22. The lowest BCUT2D eigenvalue weighted by atomic mass is 10.2. The number of halogens is 3. The van der Waals surface area contributed by atoms with Gasteiger partial charge in [0.15, 0.2) is 0 Å². The third kappa shape index (κ3) is 3.34. The van der Waals surface area contributed by atoms with Gasteiger partial charge in [0.05, 0.1) is 6.54 Å². The fourth-order valence-electron chi connectivity index (χ4n) is 1.69. The Balaban J connectivity index is 2.32. The van der Waals surface area contributed by atoms with Crippen LogP contribution in [-0.2, 0) is 0 Å². The summed E-state index contributed by atoms with van der Waals surface area (Å²) in [6.07, 6.45) is -1.30. The molecule has 1 aromatic heterocycles. The van der Waals surface area contributed by atoms with E-state index >= 15 is 0 Å². The van der Waals surface area contributed by atoms with Gasteiger partial charge in [0.25, 0.3) is 12.3 Å². The lowest BCUT2D eigenvalue weighted by Crippen LogP contribution is -2.35. The van der Waals surface area contributed by atoms with Crippen LogP contribution in [0, 0.1) is 5.82 Å². The smallest absolute Gasteiger partial charge is 0.277 e. The van der Waals surface area contributed by atoms with Gasteiger partial charge in [-0.05, 0) is 36.4 Å². The van der Waals surface area contributed by atoms with Gasteiger partial charge in [0.2, 0.25) is 0 Å². The van der Waals surface area contributed by atoms with E-state index in [9.17, 15) is 18.0 Å². The molecule has 0 saturated carbocycles. The Morgan fingerprint density at radius 1 is 1.15 bits per heavy atom. The monoisotopic (exact) mass is 280 g/mol. The predicted molar refractivity (Wildman–Crippen MR) is 68.3 cm³/mol. The van der Waals surface area contributed by atoms with E-state index in [2.05, 4.69) is 4.98 Å². The molecule has 0 aliphatic heterocycles. The summed E-state index contributed by atoms with van der Waals surface area (Å²) in [5, 5.41) is 0. The van der Waals surface area contributed by atoms with Crippen LogP contribution in [0.3, 0.4) is 0 Å². The minimum Gasteiger partial charge on any atom is -0.301 e. The molecule has 3 nitrogen and oxygen atoms in total. The maximum atomic E-state index is 12.9. The Morgan fingerprint density at radius 2 is 1.85 bits per heavy atom. The summed E-state index contributed by atoms with van der Waals surface area (Å²) < 4.78 is 38.1. The fraction of sp³-hybridized carbons (Fsp3) is 0.143. The molecule has 0 aliphatic carbocycles. The SMILES string of the molecule is O=C(c1ccccn1)N(CC(F)F)c1ccc(F)cc1. The van der Waals surface area contributed by atoms with Gasteiger partial charge in [0.1, 0.15) is 11.5 Å². The molecule has 104 valence electrons. The van der Waals surface area contributed by atoms with Crippen LogP contribution in [-0.4, -0.2) is 23.9 Å². The molecule has 1 amide bonds. The number of benzene rings is 1. The largest absolute Gasteiger partial charge is 0.301 e. The van der Waals surface area contributed by atoms with Gasteiger partial charge in [-0.2, -0.15) is 0 Å². The van der Waals surface area contributed by atoms with Gasteiger partial charge in [-0.25, -0.2) is 13.2 Å². The van der Waals surface area contributed by atoms with Crippen molar-refractivity contribution in [3.8, 4) is 0 Å². The number of hydrogen-bond acceptors (Lipinski definition) is 2. The van der Waals surface area contributed by atoms with Crippen molar-refractivity contribution in [2.24, 2.45) is 0 Å². The summed E-state index contributed by atoms with van der Waals surface area (Å²) in [5.74, 6) is -1.16. The van der Waals surface area contributed by atoms with Crippen LogP contribution >= 0.6 is 0 Å². The van der Waals surface area contributed by atoms with Gasteiger partial charge >= 0.3 is 0 Å². The Labute approximate surface area is 113 Å². The summed E-state index contributed by atoms with van der Waals surface area (Å²) in [7, 11) is 0. The summed E-state index contributed by atoms with van der Waals surface area (Å²) in [5.41, 5.74) is 0.250. The molecule has 1 aromatic carbocycles. The third-order valence-corrected chi connectivity index (χ3v) is 2.59. The highest BCUT2D eigenvalue weighted by atomic mass is 19.3. The number of amides is 1. The molecular weight excluding hydrogens is 269 g/mol. The second-order valence-electron chi connectivity index (χ2n) is 4.00. The van der Waals surface area contributed by atoms with Crippen molar-refractivity contribution in [1.29, 1.82) is 0 Å². The van der Waals surface area contributed by atoms with Gasteiger partial charge in [-0.3, -0.25) is 9.78 Å². The number of carbonyl (C=O) groups is 1. The molecule has 6 heteroatoms. The number of rotatable bonds is 4. The number of anilines is 1. The topological polar surface area (TPSA) is 33.2 Å². The first kappa shape index (κ1) is 14.0. The minimum atomic E-state index is -2.70. The molecule has 0 bridgehead atoms. The molecule has 2 rings (SSSR count). The van der Waals surface area contributed by atoms with Crippen LogP contribution in [0.4, 0.5) is 18.9 Å². The van der Waals surface area contributed by atoms with E-state index in [1.54, 1.807) is 12.1 Å². The van der Waals surface area contributed by atoms with E-state index in [-0.39, 0.29) is 11.4 Å². The lowest BCUT2D eigenvalue weighted by Gasteiger charge is -2.22. The number of alkyl halides is 2. The Bertz CT molecular complexity index is 573. The maximum Gasteiger partial charge on any atom is 0.277 e. The van der Waals surface area contributed by atoms with E-state index in [1.807, 2.05) is 0 Å². The molecule has 0 N–H and O–H groups in total. The molecule has 0 fully saturated rings. The van der Waals surface area contributed by atoms with E-state index in [0.29, 0.717) is 0 Å². The van der Waals surface area contributed by atoms with Crippen molar-refractivity contribution in [3.63, 3.8) is 0 Å². The third-order valence-electron chi connectivity index (χ3n) is 2.59. The van der Waals surface area contributed by atoms with E-state index in [1.165, 1.54) is 24.4 Å². The molecule has 1 heterocycles. The summed E-state index contributed by atoms with van der Waals surface area (Å²) in [4.78, 5) is 16.9. The van der Waals surface area contributed by atoms with Crippen molar-refractivity contribution >= 4 is 11.6 Å². The van der Waals surface area contributed by atoms with Gasteiger partial charge in [-0.15, -0.1) is 0 Å². The van der Waals surface area contributed by atoms with Crippen LogP contribution in [0.25, 0.3) is 0 Å². The quantitative estimate of drug-likeness (QED) is 0.862. The lowest BCUT2D eigenvalue weighted by molar-refractivity contribution is 0.0941. The summed E-state index contributed by atoms with van der Waals surface area (Å²) in [6.45, 7) is -0.777. The van der Waals surface area contributed by atoms with Gasteiger partial charge in [0, 0.05) is 11.9 Å². The van der Waals surface area contributed by atoms with Crippen LogP contribution in [0.2, 0.25) is 0 Å². The Morgan fingerprint density at radius 3 is 2.40 bits per heavy atom. The van der Waals surface area contributed by atoms with E-state index in [4.69, 9.17) is 0 Å². The molecule has 0 radical (unpaired) electrons. The number of hydrogen-bond donors (Lipinski definition) is 0. The number of pyridine rings is 1. The van der Waals surface area contributed by atoms with Crippen LogP contribution in [0.15, 0.2) is 48.7 Å². The van der Waals surface area contributed by atoms with E-state index in [0.717, 1.165) is 17.0 Å².